The van der Waals surface area contributed by atoms with Gasteiger partial charge >= 0.3 is 0 Å². The minimum absolute atomic E-state index is 0.166. The smallest absolute Gasteiger partial charge is 0.283 e. The molecular formula is C24H18Cl2N2O2S. The molecule has 0 aromatic heterocycles. The fraction of sp³-hybridized carbons (Fsp3) is 0.0833. The number of imide groups is 1. The lowest BCUT2D eigenvalue weighted by atomic mass is 10.2. The average molecular weight is 469 g/mol. The third kappa shape index (κ3) is 4.09. The molecule has 2 amide bonds. The predicted molar refractivity (Wildman–Crippen MR) is 128 cm³/mol. The van der Waals surface area contributed by atoms with Crippen LogP contribution in [0.3, 0.4) is 0 Å². The number of likely N-dealkylation sites (N-methyl/N-ethyl adjacent to an activating group) is 1. The van der Waals surface area contributed by atoms with Crippen molar-refractivity contribution in [3.8, 4) is 0 Å². The molecule has 31 heavy (non-hydrogen) atoms. The summed E-state index contributed by atoms with van der Waals surface area (Å²) >= 11 is 13.8. The third-order valence-corrected chi connectivity index (χ3v) is 6.70. The van der Waals surface area contributed by atoms with Crippen molar-refractivity contribution in [1.82, 2.24) is 0 Å². The molecule has 4 rings (SSSR count). The van der Waals surface area contributed by atoms with Crippen LogP contribution in [-0.2, 0) is 9.59 Å². The molecule has 1 heterocycles. The van der Waals surface area contributed by atoms with E-state index < -0.39 is 11.8 Å². The van der Waals surface area contributed by atoms with Gasteiger partial charge in [-0.2, -0.15) is 0 Å². The molecule has 4 nitrogen and oxygen atoms in total. The van der Waals surface area contributed by atoms with Gasteiger partial charge in [0, 0.05) is 17.1 Å². The van der Waals surface area contributed by atoms with E-state index in [4.69, 9.17) is 23.2 Å². The number of hydrogen-bond acceptors (Lipinski definition) is 4. The zero-order valence-electron chi connectivity index (χ0n) is 16.6. The van der Waals surface area contributed by atoms with Crippen LogP contribution in [0.25, 0.3) is 0 Å². The summed E-state index contributed by atoms with van der Waals surface area (Å²) in [5.74, 6) is -0.856. The Hall–Kier alpha value is -2.73. The Kier molecular flexibility index (Phi) is 6.37. The maximum atomic E-state index is 13.6. The number of anilines is 2. The van der Waals surface area contributed by atoms with Gasteiger partial charge in [0.2, 0.25) is 0 Å². The first-order chi connectivity index (χ1) is 15.0. The van der Waals surface area contributed by atoms with Crippen LogP contribution in [0.2, 0.25) is 10.0 Å². The van der Waals surface area contributed by atoms with E-state index in [-0.39, 0.29) is 15.7 Å². The van der Waals surface area contributed by atoms with Crippen LogP contribution >= 0.6 is 35.0 Å². The Morgan fingerprint density at radius 2 is 1.48 bits per heavy atom. The van der Waals surface area contributed by atoms with Crippen LogP contribution in [0.5, 0.6) is 0 Å². The molecule has 0 N–H and O–H groups in total. The van der Waals surface area contributed by atoms with Crippen LogP contribution in [0, 0.1) is 0 Å². The second kappa shape index (κ2) is 9.18. The Balaban J connectivity index is 1.86. The summed E-state index contributed by atoms with van der Waals surface area (Å²) in [7, 11) is 0. The van der Waals surface area contributed by atoms with Crippen molar-refractivity contribution in [2.24, 2.45) is 0 Å². The van der Waals surface area contributed by atoms with Crippen molar-refractivity contribution < 1.29 is 9.59 Å². The maximum Gasteiger partial charge on any atom is 0.283 e. The first-order valence-electron chi connectivity index (χ1n) is 9.65. The van der Waals surface area contributed by atoms with Gasteiger partial charge in [-0.15, -0.1) is 0 Å². The van der Waals surface area contributed by atoms with E-state index in [1.165, 1.54) is 11.8 Å². The number of para-hydroxylation sites is 1. The lowest BCUT2D eigenvalue weighted by molar-refractivity contribution is -0.120. The fourth-order valence-corrected chi connectivity index (χ4v) is 4.78. The van der Waals surface area contributed by atoms with E-state index in [1.807, 2.05) is 72.5 Å². The summed E-state index contributed by atoms with van der Waals surface area (Å²) in [5, 5.41) is 0.444. The van der Waals surface area contributed by atoms with Crippen molar-refractivity contribution in [2.75, 3.05) is 16.3 Å². The van der Waals surface area contributed by atoms with E-state index in [0.29, 0.717) is 17.1 Å². The molecule has 0 unspecified atom stereocenters. The molecule has 0 atom stereocenters. The third-order valence-electron chi connectivity index (χ3n) is 4.81. The summed E-state index contributed by atoms with van der Waals surface area (Å²) in [5.41, 5.74) is 1.42. The molecule has 0 saturated heterocycles. The molecule has 7 heteroatoms. The number of hydrogen-bond donors (Lipinski definition) is 0. The highest BCUT2D eigenvalue weighted by Crippen LogP contribution is 2.42. The first-order valence-corrected chi connectivity index (χ1v) is 11.2. The van der Waals surface area contributed by atoms with Gasteiger partial charge in [0.05, 0.1) is 15.7 Å². The van der Waals surface area contributed by atoms with Gasteiger partial charge in [-0.3, -0.25) is 9.59 Å². The highest BCUT2D eigenvalue weighted by atomic mass is 35.5. The fourth-order valence-electron chi connectivity index (χ4n) is 3.40. The topological polar surface area (TPSA) is 40.6 Å². The van der Waals surface area contributed by atoms with Crippen LogP contribution in [0.4, 0.5) is 11.4 Å². The lowest BCUT2D eigenvalue weighted by Gasteiger charge is -2.25. The molecule has 0 bridgehead atoms. The summed E-state index contributed by atoms with van der Waals surface area (Å²) in [6.07, 6.45) is 0. The number of nitrogens with zero attached hydrogens (tertiary/aromatic N) is 2. The molecule has 0 spiro atoms. The summed E-state index contributed by atoms with van der Waals surface area (Å²) in [6, 6.07) is 23.9. The molecule has 1 aliphatic heterocycles. The second-order valence-electron chi connectivity index (χ2n) is 6.69. The predicted octanol–water partition coefficient (Wildman–Crippen LogP) is 6.40. The first kappa shape index (κ1) is 21.5. The molecule has 3 aromatic carbocycles. The van der Waals surface area contributed by atoms with Crippen LogP contribution in [-0.4, -0.2) is 18.4 Å². The molecule has 0 aliphatic carbocycles. The van der Waals surface area contributed by atoms with Gasteiger partial charge in [-0.25, -0.2) is 4.90 Å². The largest absolute Gasteiger partial charge is 0.336 e. The van der Waals surface area contributed by atoms with Crippen molar-refractivity contribution in [3.63, 3.8) is 0 Å². The van der Waals surface area contributed by atoms with Crippen LogP contribution < -0.4 is 9.80 Å². The minimum Gasteiger partial charge on any atom is -0.336 e. The number of thioether (sulfide) groups is 1. The van der Waals surface area contributed by atoms with E-state index in [9.17, 15) is 9.59 Å². The Morgan fingerprint density at radius 1 is 0.839 bits per heavy atom. The van der Waals surface area contributed by atoms with Crippen molar-refractivity contribution in [3.05, 3.63) is 99.5 Å². The highest BCUT2D eigenvalue weighted by Gasteiger charge is 2.43. The van der Waals surface area contributed by atoms with E-state index in [1.54, 1.807) is 18.2 Å². The second-order valence-corrected chi connectivity index (χ2v) is 8.56. The lowest BCUT2D eigenvalue weighted by Crippen LogP contribution is -2.35. The van der Waals surface area contributed by atoms with Gasteiger partial charge < -0.3 is 4.90 Å². The van der Waals surface area contributed by atoms with E-state index in [0.717, 1.165) is 15.5 Å². The minimum atomic E-state index is -0.432. The van der Waals surface area contributed by atoms with Crippen molar-refractivity contribution in [2.45, 2.75) is 11.8 Å². The average Bonchev–Trinajstić information content (AvgIpc) is 3.02. The van der Waals surface area contributed by atoms with E-state index >= 15 is 0 Å². The summed E-state index contributed by atoms with van der Waals surface area (Å²) in [6.45, 7) is 2.45. The molecule has 0 radical (unpaired) electrons. The van der Waals surface area contributed by atoms with Crippen molar-refractivity contribution in [1.29, 1.82) is 0 Å². The van der Waals surface area contributed by atoms with Crippen LogP contribution in [0.1, 0.15) is 6.92 Å². The highest BCUT2D eigenvalue weighted by molar-refractivity contribution is 8.04. The SMILES string of the molecule is CCN(C1=C(Sc2ccccc2)C(=O)N(c2cccc(Cl)c2Cl)C1=O)c1ccccc1. The Morgan fingerprint density at radius 3 is 2.13 bits per heavy atom. The molecular weight excluding hydrogens is 451 g/mol. The molecule has 3 aromatic rings. The zero-order chi connectivity index (χ0) is 22.0. The van der Waals surface area contributed by atoms with Gasteiger partial charge in [0.25, 0.3) is 11.8 Å². The van der Waals surface area contributed by atoms with Crippen LogP contribution in [0.15, 0.2) is 94.4 Å². The number of benzene rings is 3. The number of carbonyl (C=O) groups is 2. The monoisotopic (exact) mass is 468 g/mol. The summed E-state index contributed by atoms with van der Waals surface area (Å²) < 4.78 is 0. The van der Waals surface area contributed by atoms with Crippen molar-refractivity contribution >= 4 is 58.2 Å². The summed E-state index contributed by atoms with van der Waals surface area (Å²) in [4.78, 5) is 31.4. The van der Waals surface area contributed by atoms with Gasteiger partial charge in [0.1, 0.15) is 10.6 Å². The standard InChI is InChI=1S/C24H18Cl2N2O2S/c1-2-27(16-10-5-3-6-11-16)21-22(31-17-12-7-4-8-13-17)24(30)28(23(21)29)19-15-9-14-18(25)20(19)26/h3-15H,2H2,1H3. The van der Waals surface area contributed by atoms with Gasteiger partial charge in [-0.1, -0.05) is 77.4 Å². The molecule has 0 saturated carbocycles. The normalized spacial score (nSPS) is 13.8. The Bertz CT molecular complexity index is 1170. The number of rotatable bonds is 6. The zero-order valence-corrected chi connectivity index (χ0v) is 18.9. The van der Waals surface area contributed by atoms with Gasteiger partial charge in [-0.05, 0) is 43.3 Å². The maximum absolute atomic E-state index is 13.6. The number of amides is 2. The Labute approximate surface area is 195 Å². The molecule has 1 aliphatic rings. The number of halogens is 2. The van der Waals surface area contributed by atoms with Gasteiger partial charge in [0.15, 0.2) is 0 Å². The molecule has 0 fully saturated rings. The number of carbonyl (C=O) groups excluding carboxylic acids is 2. The van der Waals surface area contributed by atoms with E-state index in [2.05, 4.69) is 0 Å². The quantitative estimate of drug-likeness (QED) is 0.392. The molecule has 156 valence electrons.